The minimum atomic E-state index is 0.368. The number of hydrogen-bond donors (Lipinski definition) is 1. The van der Waals surface area contributed by atoms with Crippen molar-refractivity contribution in [2.75, 3.05) is 0 Å². The van der Waals surface area contributed by atoms with Crippen LogP contribution in [0.4, 0.5) is 0 Å². The third-order valence-electron chi connectivity index (χ3n) is 1.89. The molecule has 2 N–H and O–H groups in total. The molecule has 1 aromatic heterocycles. The molecule has 1 aliphatic carbocycles. The van der Waals surface area contributed by atoms with Crippen LogP contribution in [0.2, 0.25) is 4.34 Å². The molecule has 1 aromatic rings. The molecule has 54 valence electrons. The van der Waals surface area contributed by atoms with E-state index < -0.39 is 0 Å². The van der Waals surface area contributed by atoms with Gasteiger partial charge in [0.25, 0.3) is 0 Å². The quantitative estimate of drug-likeness (QED) is 0.693. The molecule has 3 heteroatoms. The molecule has 2 rings (SSSR count). The van der Waals surface area contributed by atoms with Crippen molar-refractivity contribution in [1.82, 2.24) is 0 Å². The summed E-state index contributed by atoms with van der Waals surface area (Å²) in [6.45, 7) is 0. The summed E-state index contributed by atoms with van der Waals surface area (Å²) in [5.74, 6) is 0.554. The van der Waals surface area contributed by atoms with Gasteiger partial charge in [0, 0.05) is 12.0 Å². The fourth-order valence-corrected chi connectivity index (χ4v) is 2.19. The summed E-state index contributed by atoms with van der Waals surface area (Å²) in [4.78, 5) is 0. The van der Waals surface area contributed by atoms with E-state index in [2.05, 4.69) is 6.07 Å². The fourth-order valence-electron chi connectivity index (χ4n) is 1.14. The average Bonchev–Trinajstić information content (AvgIpc) is 2.42. The van der Waals surface area contributed by atoms with Gasteiger partial charge in [-0.25, -0.2) is 0 Å². The maximum atomic E-state index is 5.90. The van der Waals surface area contributed by atoms with Gasteiger partial charge in [0.2, 0.25) is 0 Å². The van der Waals surface area contributed by atoms with E-state index in [1.165, 1.54) is 5.56 Å². The average molecular weight is 174 g/mol. The smallest absolute Gasteiger partial charge is 0.0963 e. The summed E-state index contributed by atoms with van der Waals surface area (Å²) >= 11 is 7.49. The lowest BCUT2D eigenvalue weighted by Gasteiger charge is -1.91. The highest BCUT2D eigenvalue weighted by Gasteiger charge is 2.36. The highest BCUT2D eigenvalue weighted by Crippen LogP contribution is 2.43. The Balaban J connectivity index is 2.26. The Hall–Kier alpha value is -0.0500. The van der Waals surface area contributed by atoms with E-state index in [0.717, 1.165) is 10.8 Å². The van der Waals surface area contributed by atoms with Crippen molar-refractivity contribution in [3.05, 3.63) is 21.3 Å². The van der Waals surface area contributed by atoms with Gasteiger partial charge < -0.3 is 5.73 Å². The van der Waals surface area contributed by atoms with Crippen molar-refractivity contribution in [3.8, 4) is 0 Å². The van der Waals surface area contributed by atoms with E-state index in [-0.39, 0.29) is 0 Å². The lowest BCUT2D eigenvalue weighted by atomic mass is 10.2. The number of nitrogens with two attached hydrogens (primary N) is 1. The molecule has 10 heavy (non-hydrogen) atoms. The molecule has 0 saturated heterocycles. The molecule has 1 heterocycles. The molecule has 1 aliphatic rings. The molecule has 0 bridgehead atoms. The first kappa shape index (κ1) is 6.65. The van der Waals surface area contributed by atoms with E-state index in [4.69, 9.17) is 17.3 Å². The van der Waals surface area contributed by atoms with Crippen LogP contribution in [-0.4, -0.2) is 6.04 Å². The van der Waals surface area contributed by atoms with Crippen LogP contribution >= 0.6 is 22.9 Å². The highest BCUT2D eigenvalue weighted by atomic mass is 35.5. The zero-order chi connectivity index (χ0) is 7.14. The van der Waals surface area contributed by atoms with Gasteiger partial charge in [0.15, 0.2) is 0 Å². The Morgan fingerprint density at radius 2 is 2.40 bits per heavy atom. The number of hydrogen-bond acceptors (Lipinski definition) is 2. The van der Waals surface area contributed by atoms with E-state index >= 15 is 0 Å². The van der Waals surface area contributed by atoms with Gasteiger partial charge in [0.05, 0.1) is 4.34 Å². The van der Waals surface area contributed by atoms with Crippen molar-refractivity contribution >= 4 is 22.9 Å². The Kier molecular flexibility index (Phi) is 1.48. The van der Waals surface area contributed by atoms with Gasteiger partial charge in [-0.05, 0) is 23.4 Å². The van der Waals surface area contributed by atoms with Crippen molar-refractivity contribution in [2.45, 2.75) is 18.4 Å². The van der Waals surface area contributed by atoms with Gasteiger partial charge >= 0.3 is 0 Å². The van der Waals surface area contributed by atoms with Gasteiger partial charge in [-0.3, -0.25) is 0 Å². The third kappa shape index (κ3) is 0.965. The topological polar surface area (TPSA) is 26.0 Å². The normalized spacial score (nSPS) is 30.6. The monoisotopic (exact) mass is 173 g/mol. The fraction of sp³-hybridized carbons (Fsp3) is 0.429. The van der Waals surface area contributed by atoms with Crippen LogP contribution in [-0.2, 0) is 0 Å². The molecule has 1 saturated carbocycles. The Morgan fingerprint density at radius 3 is 2.80 bits per heavy atom. The maximum absolute atomic E-state index is 5.90. The van der Waals surface area contributed by atoms with Gasteiger partial charge in [-0.15, -0.1) is 11.3 Å². The van der Waals surface area contributed by atoms with Crippen molar-refractivity contribution in [1.29, 1.82) is 0 Å². The molecule has 1 fully saturated rings. The van der Waals surface area contributed by atoms with Gasteiger partial charge in [-0.2, -0.15) is 0 Å². The molecule has 0 amide bonds. The predicted octanol–water partition coefficient (Wildman–Crippen LogP) is 2.22. The lowest BCUT2D eigenvalue weighted by molar-refractivity contribution is 0.995. The Labute approximate surface area is 68.8 Å². The molecular formula is C7H8ClNS. The summed E-state index contributed by atoms with van der Waals surface area (Å²) in [6, 6.07) is 2.44. The van der Waals surface area contributed by atoms with Crippen LogP contribution < -0.4 is 5.73 Å². The molecule has 2 unspecified atom stereocenters. The van der Waals surface area contributed by atoms with Crippen molar-refractivity contribution < 1.29 is 0 Å². The van der Waals surface area contributed by atoms with E-state index in [9.17, 15) is 0 Å². The second-order valence-electron chi connectivity index (χ2n) is 2.66. The highest BCUT2D eigenvalue weighted by molar-refractivity contribution is 7.14. The van der Waals surface area contributed by atoms with Crippen LogP contribution in [0.25, 0.3) is 0 Å². The molecule has 2 atom stereocenters. The molecule has 1 nitrogen and oxygen atoms in total. The minimum Gasteiger partial charge on any atom is -0.327 e. The molecule has 0 aromatic carbocycles. The summed E-state index contributed by atoms with van der Waals surface area (Å²) in [5, 5.41) is 2.02. The minimum absolute atomic E-state index is 0.368. The number of halogens is 1. The predicted molar refractivity (Wildman–Crippen MR) is 44.7 cm³/mol. The van der Waals surface area contributed by atoms with Crippen LogP contribution in [0.3, 0.4) is 0 Å². The molecule has 0 aliphatic heterocycles. The van der Waals surface area contributed by atoms with E-state index in [1.54, 1.807) is 11.3 Å². The summed E-state index contributed by atoms with van der Waals surface area (Å²) in [5.41, 5.74) is 6.92. The summed E-state index contributed by atoms with van der Waals surface area (Å²) in [7, 11) is 0. The van der Waals surface area contributed by atoms with Gasteiger partial charge in [-0.1, -0.05) is 11.6 Å². The summed E-state index contributed by atoms with van der Waals surface area (Å²) < 4.78 is 0.915. The Morgan fingerprint density at radius 1 is 1.70 bits per heavy atom. The SMILES string of the molecule is NC1CC1c1ccsc1Cl. The van der Waals surface area contributed by atoms with Crippen molar-refractivity contribution in [3.63, 3.8) is 0 Å². The molecule has 0 spiro atoms. The second-order valence-corrected chi connectivity index (χ2v) is 4.17. The standard InChI is InChI=1S/C7H8ClNS/c8-7-4(1-2-10-7)5-3-6(5)9/h1-2,5-6H,3,9H2. The number of thiophene rings is 1. The van der Waals surface area contributed by atoms with Crippen LogP contribution in [0, 0.1) is 0 Å². The second kappa shape index (κ2) is 2.22. The zero-order valence-electron chi connectivity index (χ0n) is 5.38. The van der Waals surface area contributed by atoms with E-state index in [1.807, 2.05) is 5.38 Å². The van der Waals surface area contributed by atoms with E-state index in [0.29, 0.717) is 12.0 Å². The number of rotatable bonds is 1. The largest absolute Gasteiger partial charge is 0.327 e. The van der Waals surface area contributed by atoms with Crippen molar-refractivity contribution in [2.24, 2.45) is 5.73 Å². The van der Waals surface area contributed by atoms with Crippen LogP contribution in [0.5, 0.6) is 0 Å². The van der Waals surface area contributed by atoms with Crippen LogP contribution in [0.1, 0.15) is 17.9 Å². The first-order valence-corrected chi connectivity index (χ1v) is 4.53. The Bertz CT molecular complexity index is 246. The maximum Gasteiger partial charge on any atom is 0.0963 e. The lowest BCUT2D eigenvalue weighted by Crippen LogP contribution is -2.00. The molecule has 0 radical (unpaired) electrons. The first-order valence-electron chi connectivity index (χ1n) is 3.27. The zero-order valence-corrected chi connectivity index (χ0v) is 6.95. The van der Waals surface area contributed by atoms with Crippen LogP contribution in [0.15, 0.2) is 11.4 Å². The first-order chi connectivity index (χ1) is 4.79. The third-order valence-corrected chi connectivity index (χ3v) is 3.09. The van der Waals surface area contributed by atoms with Gasteiger partial charge in [0.1, 0.15) is 0 Å². The molecular weight excluding hydrogens is 166 g/mol. The summed E-state index contributed by atoms with van der Waals surface area (Å²) in [6.07, 6.45) is 1.11.